The third-order valence-corrected chi connectivity index (χ3v) is 4.67. The predicted octanol–water partition coefficient (Wildman–Crippen LogP) is 3.07. The van der Waals surface area contributed by atoms with Crippen LogP contribution in [0.1, 0.15) is 31.9 Å². The molecule has 0 bridgehead atoms. The molecule has 19 heavy (non-hydrogen) atoms. The third-order valence-electron chi connectivity index (χ3n) is 3.10. The van der Waals surface area contributed by atoms with Crippen molar-refractivity contribution in [2.75, 3.05) is 7.11 Å². The first-order chi connectivity index (χ1) is 8.99. The van der Waals surface area contributed by atoms with E-state index in [1.165, 1.54) is 5.56 Å². The predicted molar refractivity (Wildman–Crippen MR) is 81.1 cm³/mol. The summed E-state index contributed by atoms with van der Waals surface area (Å²) in [5, 5.41) is 12.3. The number of ether oxygens (including phenoxy) is 1. The first-order valence-corrected chi connectivity index (χ1v) is 7.30. The van der Waals surface area contributed by atoms with E-state index in [4.69, 9.17) is 15.7 Å². The Hall–Kier alpha value is -1.36. The van der Waals surface area contributed by atoms with Crippen LogP contribution in [0.2, 0.25) is 0 Å². The topological polar surface area (TPSA) is 67.8 Å². The Morgan fingerprint density at radius 1 is 1.42 bits per heavy atom. The van der Waals surface area contributed by atoms with E-state index in [0.717, 1.165) is 5.75 Å². The van der Waals surface area contributed by atoms with E-state index < -0.39 is 0 Å². The highest BCUT2D eigenvalue weighted by molar-refractivity contribution is 7.99. The van der Waals surface area contributed by atoms with Crippen LogP contribution in [0.3, 0.4) is 0 Å². The fourth-order valence-electron chi connectivity index (χ4n) is 1.51. The van der Waals surface area contributed by atoms with Crippen LogP contribution in [0.15, 0.2) is 23.4 Å². The normalized spacial score (nSPS) is 13.6. The van der Waals surface area contributed by atoms with Gasteiger partial charge in [0.25, 0.3) is 0 Å². The van der Waals surface area contributed by atoms with Gasteiger partial charge in [-0.3, -0.25) is 0 Å². The molecule has 0 aliphatic heterocycles. The zero-order chi connectivity index (χ0) is 14.4. The zero-order valence-corrected chi connectivity index (χ0v) is 12.7. The number of hydrogen-bond acceptors (Lipinski definition) is 4. The number of hydrogen-bond donors (Lipinski definition) is 2. The summed E-state index contributed by atoms with van der Waals surface area (Å²) in [5.41, 5.74) is 7.37. The molecule has 0 heterocycles. The fraction of sp³-hybridized carbons (Fsp3) is 0.500. The Morgan fingerprint density at radius 3 is 2.63 bits per heavy atom. The number of oxime groups is 1. The molecule has 4 nitrogen and oxygen atoms in total. The van der Waals surface area contributed by atoms with Crippen molar-refractivity contribution in [3.63, 3.8) is 0 Å². The third kappa shape index (κ3) is 4.35. The molecular formula is C14H22N2O2S. The van der Waals surface area contributed by atoms with Crippen molar-refractivity contribution in [2.45, 2.75) is 31.8 Å². The minimum Gasteiger partial charge on any atom is -0.496 e. The van der Waals surface area contributed by atoms with Gasteiger partial charge in [0.2, 0.25) is 0 Å². The highest BCUT2D eigenvalue weighted by Crippen LogP contribution is 2.26. The molecule has 0 spiro atoms. The van der Waals surface area contributed by atoms with E-state index in [1.54, 1.807) is 7.11 Å². The van der Waals surface area contributed by atoms with Crippen molar-refractivity contribution in [3.05, 3.63) is 29.3 Å². The van der Waals surface area contributed by atoms with Crippen LogP contribution in [-0.4, -0.2) is 23.4 Å². The van der Waals surface area contributed by atoms with Gasteiger partial charge >= 0.3 is 0 Å². The molecular weight excluding hydrogens is 260 g/mol. The molecule has 0 saturated carbocycles. The van der Waals surface area contributed by atoms with Gasteiger partial charge in [-0.15, -0.1) is 0 Å². The molecule has 0 amide bonds. The van der Waals surface area contributed by atoms with Gasteiger partial charge in [-0.2, -0.15) is 11.8 Å². The van der Waals surface area contributed by atoms with Crippen molar-refractivity contribution in [2.24, 2.45) is 16.8 Å². The van der Waals surface area contributed by atoms with Crippen LogP contribution in [0.5, 0.6) is 5.75 Å². The summed E-state index contributed by atoms with van der Waals surface area (Å²) in [7, 11) is 1.58. The Balaban J connectivity index is 2.83. The number of methoxy groups -OCH3 is 1. The molecule has 1 atom stereocenters. The van der Waals surface area contributed by atoms with E-state index in [0.29, 0.717) is 22.5 Å². The SMILES string of the molecule is COc1cc(CSC(C)C(C)C)ccc1/C(N)=N/O. The van der Waals surface area contributed by atoms with E-state index in [1.807, 2.05) is 30.0 Å². The van der Waals surface area contributed by atoms with E-state index in [2.05, 4.69) is 25.9 Å². The van der Waals surface area contributed by atoms with Gasteiger partial charge in [-0.25, -0.2) is 0 Å². The average Bonchev–Trinajstić information content (AvgIpc) is 2.43. The van der Waals surface area contributed by atoms with E-state index in [-0.39, 0.29) is 5.84 Å². The summed E-state index contributed by atoms with van der Waals surface area (Å²) < 4.78 is 5.28. The second kappa shape index (κ2) is 7.28. The summed E-state index contributed by atoms with van der Waals surface area (Å²) in [6.45, 7) is 6.68. The molecule has 0 radical (unpaired) electrons. The molecule has 1 unspecified atom stereocenters. The number of nitrogens with zero attached hydrogens (tertiary/aromatic N) is 1. The average molecular weight is 282 g/mol. The van der Waals surface area contributed by atoms with E-state index >= 15 is 0 Å². The summed E-state index contributed by atoms with van der Waals surface area (Å²) >= 11 is 1.91. The molecule has 0 saturated heterocycles. The van der Waals surface area contributed by atoms with E-state index in [9.17, 15) is 0 Å². The lowest BCUT2D eigenvalue weighted by Crippen LogP contribution is -2.14. The lowest BCUT2D eigenvalue weighted by atomic mass is 10.1. The second-order valence-electron chi connectivity index (χ2n) is 4.78. The Morgan fingerprint density at radius 2 is 2.11 bits per heavy atom. The highest BCUT2D eigenvalue weighted by Gasteiger charge is 2.11. The van der Waals surface area contributed by atoms with Gasteiger partial charge < -0.3 is 15.7 Å². The van der Waals surface area contributed by atoms with Gasteiger partial charge in [-0.05, 0) is 23.6 Å². The summed E-state index contributed by atoms with van der Waals surface area (Å²) in [4.78, 5) is 0. The minimum absolute atomic E-state index is 0.0617. The summed E-state index contributed by atoms with van der Waals surface area (Å²) in [6.07, 6.45) is 0. The van der Waals surface area contributed by atoms with Gasteiger partial charge in [-0.1, -0.05) is 32.0 Å². The van der Waals surface area contributed by atoms with Crippen LogP contribution in [0.25, 0.3) is 0 Å². The quantitative estimate of drug-likeness (QED) is 0.364. The number of rotatable bonds is 6. The van der Waals surface area contributed by atoms with Crippen LogP contribution in [0, 0.1) is 5.92 Å². The number of nitrogens with two attached hydrogens (primary N) is 1. The number of amidine groups is 1. The first kappa shape index (κ1) is 15.7. The molecule has 0 aromatic heterocycles. The monoisotopic (exact) mass is 282 g/mol. The number of thioether (sulfide) groups is 1. The van der Waals surface area contributed by atoms with Crippen molar-refractivity contribution in [1.29, 1.82) is 0 Å². The maximum absolute atomic E-state index is 8.72. The maximum Gasteiger partial charge on any atom is 0.173 e. The molecule has 3 N–H and O–H groups in total. The van der Waals surface area contributed by atoms with Crippen molar-refractivity contribution in [3.8, 4) is 5.75 Å². The van der Waals surface area contributed by atoms with Crippen LogP contribution < -0.4 is 10.5 Å². The smallest absolute Gasteiger partial charge is 0.173 e. The molecule has 0 fully saturated rings. The number of benzene rings is 1. The lowest BCUT2D eigenvalue weighted by Gasteiger charge is -2.15. The van der Waals surface area contributed by atoms with Gasteiger partial charge in [0.05, 0.1) is 12.7 Å². The van der Waals surface area contributed by atoms with Crippen LogP contribution >= 0.6 is 11.8 Å². The molecule has 1 aromatic carbocycles. The van der Waals surface area contributed by atoms with Gasteiger partial charge in [0.1, 0.15) is 5.75 Å². The van der Waals surface area contributed by atoms with Gasteiger partial charge in [0, 0.05) is 11.0 Å². The molecule has 0 aliphatic rings. The fourth-order valence-corrected chi connectivity index (χ4v) is 2.53. The standard InChI is InChI=1S/C14H22N2O2S/c1-9(2)10(3)19-8-11-5-6-12(14(15)16-17)13(7-11)18-4/h5-7,9-10,17H,8H2,1-4H3,(H2,15,16). The van der Waals surface area contributed by atoms with Gasteiger partial charge in [0.15, 0.2) is 5.84 Å². The van der Waals surface area contributed by atoms with Crippen molar-refractivity contribution < 1.29 is 9.94 Å². The largest absolute Gasteiger partial charge is 0.496 e. The molecule has 5 heteroatoms. The summed E-state index contributed by atoms with van der Waals surface area (Å²) in [6, 6.07) is 5.74. The summed E-state index contributed by atoms with van der Waals surface area (Å²) in [5.74, 6) is 2.27. The van der Waals surface area contributed by atoms with Crippen LogP contribution in [-0.2, 0) is 5.75 Å². The second-order valence-corrected chi connectivity index (χ2v) is 6.15. The van der Waals surface area contributed by atoms with Crippen molar-refractivity contribution >= 4 is 17.6 Å². The molecule has 0 aliphatic carbocycles. The first-order valence-electron chi connectivity index (χ1n) is 6.26. The van der Waals surface area contributed by atoms with Crippen LogP contribution in [0.4, 0.5) is 0 Å². The molecule has 1 aromatic rings. The molecule has 1 rings (SSSR count). The maximum atomic E-state index is 8.72. The highest BCUT2D eigenvalue weighted by atomic mass is 32.2. The van der Waals surface area contributed by atoms with Crippen molar-refractivity contribution in [1.82, 2.24) is 0 Å². The molecule has 106 valence electrons. The Labute approximate surface area is 119 Å². The minimum atomic E-state index is 0.0617. The Bertz CT molecular complexity index is 447. The Kier molecular flexibility index (Phi) is 6.02. The zero-order valence-electron chi connectivity index (χ0n) is 11.9. The lowest BCUT2D eigenvalue weighted by molar-refractivity contribution is 0.318.